The molecule has 0 bridgehead atoms. The molecule has 0 radical (unpaired) electrons. The summed E-state index contributed by atoms with van der Waals surface area (Å²) in [7, 11) is 0. The van der Waals surface area contributed by atoms with Gasteiger partial charge < -0.3 is 5.11 Å². The smallest absolute Gasteiger partial charge is 0.310 e. The molecule has 0 amide bonds. The average molecular weight is 273 g/mol. The summed E-state index contributed by atoms with van der Waals surface area (Å²) in [6.45, 7) is 5.38. The maximum absolute atomic E-state index is 10.9. The third-order valence-corrected chi connectivity index (χ3v) is 3.87. The summed E-state index contributed by atoms with van der Waals surface area (Å²) in [5, 5.41) is 11.9. The molecule has 1 atom stereocenters. The van der Waals surface area contributed by atoms with Crippen molar-refractivity contribution in [3.63, 3.8) is 0 Å². The summed E-state index contributed by atoms with van der Waals surface area (Å²) in [6, 6.07) is 7.54. The van der Waals surface area contributed by atoms with E-state index in [-0.39, 0.29) is 0 Å². The van der Waals surface area contributed by atoms with Crippen LogP contribution in [0.2, 0.25) is 0 Å². The number of carbonyl (C=O) groups is 1. The third-order valence-electron chi connectivity index (χ3n) is 2.93. The van der Waals surface area contributed by atoms with Crippen molar-refractivity contribution in [3.8, 4) is 10.6 Å². The first-order chi connectivity index (χ1) is 9.11. The molecule has 0 aliphatic rings. The molecule has 0 aliphatic heterocycles. The zero-order valence-electron chi connectivity index (χ0n) is 10.7. The monoisotopic (exact) mass is 273 g/mol. The molecule has 2 rings (SSSR count). The van der Waals surface area contributed by atoms with E-state index in [0.29, 0.717) is 0 Å². The Balaban J connectivity index is 2.21. The predicted molar refractivity (Wildman–Crippen MR) is 77.5 cm³/mol. The Morgan fingerprint density at radius 2 is 2.16 bits per heavy atom. The van der Waals surface area contributed by atoms with Gasteiger partial charge in [-0.25, -0.2) is 4.98 Å². The van der Waals surface area contributed by atoms with E-state index in [0.717, 1.165) is 28.2 Å². The van der Waals surface area contributed by atoms with Gasteiger partial charge >= 0.3 is 5.97 Å². The topological polar surface area (TPSA) is 50.2 Å². The molecule has 1 aromatic carbocycles. The van der Waals surface area contributed by atoms with E-state index >= 15 is 0 Å². The lowest BCUT2D eigenvalue weighted by molar-refractivity contribution is -0.138. The standard InChI is InChI=1S/C15H15NO2S/c1-3-4-13-9-19-14(16-13)12-7-5-11(6-8-12)10(2)15(17)18/h3,5-10H,1,4H2,2H3,(H,17,18). The second-order valence-electron chi connectivity index (χ2n) is 4.32. The summed E-state index contributed by atoms with van der Waals surface area (Å²) in [5.41, 5.74) is 2.83. The number of carboxylic acid groups (broad SMARTS) is 1. The summed E-state index contributed by atoms with van der Waals surface area (Å²) in [6.07, 6.45) is 2.60. The van der Waals surface area contributed by atoms with Crippen LogP contribution in [0.3, 0.4) is 0 Å². The van der Waals surface area contributed by atoms with Crippen LogP contribution < -0.4 is 0 Å². The Bertz CT molecular complexity index is 586. The highest BCUT2D eigenvalue weighted by Gasteiger charge is 2.13. The Hall–Kier alpha value is -1.94. The van der Waals surface area contributed by atoms with Gasteiger partial charge in [-0.3, -0.25) is 4.79 Å². The molecule has 2 aromatic rings. The minimum atomic E-state index is -0.810. The normalized spacial score (nSPS) is 12.1. The number of aromatic nitrogens is 1. The second-order valence-corrected chi connectivity index (χ2v) is 5.18. The lowest BCUT2D eigenvalue weighted by Crippen LogP contribution is -2.06. The van der Waals surface area contributed by atoms with Crippen LogP contribution in [0, 0.1) is 0 Å². The second kappa shape index (κ2) is 5.80. The highest BCUT2D eigenvalue weighted by atomic mass is 32.1. The molecule has 19 heavy (non-hydrogen) atoms. The van der Waals surface area contributed by atoms with E-state index in [1.54, 1.807) is 18.3 Å². The van der Waals surface area contributed by atoms with E-state index in [2.05, 4.69) is 11.6 Å². The van der Waals surface area contributed by atoms with Gasteiger partial charge in [0.25, 0.3) is 0 Å². The van der Waals surface area contributed by atoms with Gasteiger partial charge in [-0.2, -0.15) is 0 Å². The molecule has 1 N–H and O–H groups in total. The maximum atomic E-state index is 10.9. The molecular formula is C15H15NO2S. The number of hydrogen-bond donors (Lipinski definition) is 1. The van der Waals surface area contributed by atoms with Crippen LogP contribution in [0.25, 0.3) is 10.6 Å². The minimum Gasteiger partial charge on any atom is -0.481 e. The molecular weight excluding hydrogens is 258 g/mol. The van der Waals surface area contributed by atoms with Crippen molar-refractivity contribution in [2.45, 2.75) is 19.3 Å². The Kier molecular flexibility index (Phi) is 4.12. The van der Waals surface area contributed by atoms with Gasteiger partial charge in [0.15, 0.2) is 0 Å². The van der Waals surface area contributed by atoms with Crippen LogP contribution in [0.15, 0.2) is 42.3 Å². The molecule has 4 heteroatoms. The zero-order valence-corrected chi connectivity index (χ0v) is 11.5. The number of carboxylic acids is 1. The number of hydrogen-bond acceptors (Lipinski definition) is 3. The third kappa shape index (κ3) is 3.09. The van der Waals surface area contributed by atoms with Crippen molar-refractivity contribution in [1.82, 2.24) is 4.98 Å². The first-order valence-corrected chi connectivity index (χ1v) is 6.88. The summed E-state index contributed by atoms with van der Waals surface area (Å²) in [4.78, 5) is 15.4. The maximum Gasteiger partial charge on any atom is 0.310 e. The Morgan fingerprint density at radius 3 is 2.74 bits per heavy atom. The largest absolute Gasteiger partial charge is 0.481 e. The highest BCUT2D eigenvalue weighted by molar-refractivity contribution is 7.13. The molecule has 1 aromatic heterocycles. The average Bonchev–Trinajstić information content (AvgIpc) is 2.87. The molecule has 0 aliphatic carbocycles. The molecule has 1 unspecified atom stereocenters. The van der Waals surface area contributed by atoms with Crippen molar-refractivity contribution in [3.05, 3.63) is 53.6 Å². The lowest BCUT2D eigenvalue weighted by atomic mass is 10.0. The van der Waals surface area contributed by atoms with Crippen molar-refractivity contribution in [1.29, 1.82) is 0 Å². The summed E-state index contributed by atoms with van der Waals surface area (Å²) in [5.74, 6) is -1.29. The lowest BCUT2D eigenvalue weighted by Gasteiger charge is -2.06. The molecule has 98 valence electrons. The van der Waals surface area contributed by atoms with Crippen LogP contribution >= 0.6 is 11.3 Å². The Morgan fingerprint density at radius 1 is 1.47 bits per heavy atom. The number of rotatable bonds is 5. The van der Waals surface area contributed by atoms with Crippen LogP contribution in [-0.4, -0.2) is 16.1 Å². The first kappa shape index (κ1) is 13.5. The van der Waals surface area contributed by atoms with E-state index in [1.165, 1.54) is 0 Å². The van der Waals surface area contributed by atoms with Crippen molar-refractivity contribution in [2.75, 3.05) is 0 Å². The van der Waals surface area contributed by atoms with E-state index in [1.807, 2.05) is 35.7 Å². The SMILES string of the molecule is C=CCc1csc(-c2ccc(C(C)C(=O)O)cc2)n1. The number of nitrogens with zero attached hydrogens (tertiary/aromatic N) is 1. The van der Waals surface area contributed by atoms with Crippen LogP contribution in [-0.2, 0) is 11.2 Å². The molecule has 1 heterocycles. The van der Waals surface area contributed by atoms with Gasteiger partial charge in [0.2, 0.25) is 0 Å². The van der Waals surface area contributed by atoms with Gasteiger partial charge in [0, 0.05) is 17.4 Å². The number of thiazole rings is 1. The summed E-state index contributed by atoms with van der Waals surface area (Å²) >= 11 is 1.59. The zero-order chi connectivity index (χ0) is 13.8. The van der Waals surface area contributed by atoms with Gasteiger partial charge in [-0.15, -0.1) is 17.9 Å². The molecule has 0 fully saturated rings. The molecule has 3 nitrogen and oxygen atoms in total. The van der Waals surface area contributed by atoms with E-state index in [4.69, 9.17) is 5.11 Å². The quantitative estimate of drug-likeness (QED) is 0.844. The molecule has 0 saturated carbocycles. The molecule has 0 spiro atoms. The van der Waals surface area contributed by atoms with Crippen LogP contribution in [0.4, 0.5) is 0 Å². The fraction of sp³-hybridized carbons (Fsp3) is 0.200. The number of benzene rings is 1. The van der Waals surface area contributed by atoms with Crippen molar-refractivity contribution < 1.29 is 9.90 Å². The Labute approximate surface area is 116 Å². The highest BCUT2D eigenvalue weighted by Crippen LogP contribution is 2.26. The molecule has 0 saturated heterocycles. The summed E-state index contributed by atoms with van der Waals surface area (Å²) < 4.78 is 0. The van der Waals surface area contributed by atoms with Crippen LogP contribution in [0.5, 0.6) is 0 Å². The fourth-order valence-electron chi connectivity index (χ4n) is 1.74. The van der Waals surface area contributed by atoms with E-state index in [9.17, 15) is 4.79 Å². The minimum absolute atomic E-state index is 0.485. The van der Waals surface area contributed by atoms with Gasteiger partial charge in [0.05, 0.1) is 11.6 Å². The predicted octanol–water partition coefficient (Wildman–Crippen LogP) is 3.73. The van der Waals surface area contributed by atoms with Gasteiger partial charge in [-0.05, 0) is 12.5 Å². The van der Waals surface area contributed by atoms with E-state index < -0.39 is 11.9 Å². The first-order valence-electron chi connectivity index (χ1n) is 6.00. The van der Waals surface area contributed by atoms with Crippen molar-refractivity contribution in [2.24, 2.45) is 0 Å². The number of allylic oxidation sites excluding steroid dienone is 1. The van der Waals surface area contributed by atoms with Crippen LogP contribution in [0.1, 0.15) is 24.1 Å². The number of aliphatic carboxylic acids is 1. The van der Waals surface area contributed by atoms with Crippen molar-refractivity contribution >= 4 is 17.3 Å². The van der Waals surface area contributed by atoms with Gasteiger partial charge in [-0.1, -0.05) is 30.3 Å². The fourth-order valence-corrected chi connectivity index (χ4v) is 2.58. The van der Waals surface area contributed by atoms with Gasteiger partial charge in [0.1, 0.15) is 5.01 Å².